The maximum Gasteiger partial charge on any atom is 0.191 e. The molecule has 0 bridgehead atoms. The summed E-state index contributed by atoms with van der Waals surface area (Å²) in [5.74, 6) is 2.51. The first-order chi connectivity index (χ1) is 11.7. The Kier molecular flexibility index (Phi) is 6.49. The third-order valence-corrected chi connectivity index (χ3v) is 3.78. The zero-order valence-electron chi connectivity index (χ0n) is 14.7. The summed E-state index contributed by atoms with van der Waals surface area (Å²) in [6.07, 6.45) is 0. The molecular weight excluding hydrogens is 302 g/mol. The maximum absolute atomic E-state index is 5.36. The predicted octanol–water partition coefficient (Wildman–Crippen LogP) is 2.88. The van der Waals surface area contributed by atoms with E-state index in [9.17, 15) is 0 Å². The van der Waals surface area contributed by atoms with Crippen LogP contribution in [0.5, 0.6) is 11.5 Å². The van der Waals surface area contributed by atoms with E-state index >= 15 is 0 Å². The molecule has 0 saturated heterocycles. The molecule has 0 amide bonds. The molecule has 0 heterocycles. The third-order valence-electron chi connectivity index (χ3n) is 3.78. The van der Waals surface area contributed by atoms with E-state index in [0.717, 1.165) is 28.6 Å². The third kappa shape index (κ3) is 4.65. The van der Waals surface area contributed by atoms with Gasteiger partial charge in [-0.15, -0.1) is 0 Å². The molecule has 0 fully saturated rings. The van der Waals surface area contributed by atoms with Crippen LogP contribution in [0.3, 0.4) is 0 Å². The van der Waals surface area contributed by atoms with Gasteiger partial charge in [0.2, 0.25) is 0 Å². The van der Waals surface area contributed by atoms with E-state index < -0.39 is 0 Å². The first kappa shape index (κ1) is 17.7. The monoisotopic (exact) mass is 327 g/mol. The Hall–Kier alpha value is -2.69. The average Bonchev–Trinajstić information content (AvgIpc) is 2.62. The fourth-order valence-electron chi connectivity index (χ4n) is 2.48. The van der Waals surface area contributed by atoms with E-state index in [0.29, 0.717) is 13.1 Å². The lowest BCUT2D eigenvalue weighted by atomic mass is 10.1. The van der Waals surface area contributed by atoms with Crippen LogP contribution in [0.25, 0.3) is 0 Å². The summed E-state index contributed by atoms with van der Waals surface area (Å²) in [5, 5.41) is 6.62. The number of ether oxygens (including phenoxy) is 2. The Balaban J connectivity index is 1.92. The molecule has 2 aromatic carbocycles. The lowest BCUT2D eigenvalue weighted by Crippen LogP contribution is -2.36. The number of para-hydroxylation sites is 1. The lowest BCUT2D eigenvalue weighted by molar-refractivity contribution is 0.409. The van der Waals surface area contributed by atoms with Crippen LogP contribution in [0.1, 0.15) is 16.7 Å². The van der Waals surface area contributed by atoms with Gasteiger partial charge in [-0.25, -0.2) is 0 Å². The molecule has 0 aliphatic rings. The highest BCUT2D eigenvalue weighted by Gasteiger charge is 2.04. The fourth-order valence-corrected chi connectivity index (χ4v) is 2.48. The number of guanidine groups is 1. The molecule has 0 spiro atoms. The van der Waals surface area contributed by atoms with E-state index in [1.54, 1.807) is 21.3 Å². The number of benzene rings is 2. The van der Waals surface area contributed by atoms with Crippen LogP contribution in [0, 0.1) is 6.92 Å². The van der Waals surface area contributed by atoms with Crippen LogP contribution in [-0.2, 0) is 13.1 Å². The number of hydrogen-bond donors (Lipinski definition) is 2. The Labute approximate surface area is 143 Å². The van der Waals surface area contributed by atoms with Gasteiger partial charge in [0.25, 0.3) is 0 Å². The summed E-state index contributed by atoms with van der Waals surface area (Å²) in [6.45, 7) is 3.37. The number of nitrogens with one attached hydrogen (secondary N) is 2. The second-order valence-corrected chi connectivity index (χ2v) is 5.40. The zero-order valence-corrected chi connectivity index (χ0v) is 14.7. The van der Waals surface area contributed by atoms with E-state index in [-0.39, 0.29) is 0 Å². The molecule has 128 valence electrons. The van der Waals surface area contributed by atoms with E-state index in [1.165, 1.54) is 5.56 Å². The normalized spacial score (nSPS) is 11.1. The molecule has 0 aromatic heterocycles. The van der Waals surface area contributed by atoms with Gasteiger partial charge in [0.05, 0.1) is 14.2 Å². The van der Waals surface area contributed by atoms with E-state index in [2.05, 4.69) is 21.7 Å². The van der Waals surface area contributed by atoms with Gasteiger partial charge in [0.1, 0.15) is 11.5 Å². The van der Waals surface area contributed by atoms with Crippen molar-refractivity contribution in [2.75, 3.05) is 21.3 Å². The quantitative estimate of drug-likeness (QED) is 0.633. The molecule has 0 radical (unpaired) electrons. The average molecular weight is 327 g/mol. The Bertz CT molecular complexity index is 699. The molecule has 5 heteroatoms. The summed E-state index contributed by atoms with van der Waals surface area (Å²) in [6, 6.07) is 14.1. The minimum Gasteiger partial charge on any atom is -0.496 e. The van der Waals surface area contributed by atoms with Crippen molar-refractivity contribution >= 4 is 5.96 Å². The van der Waals surface area contributed by atoms with Crippen LogP contribution in [0.2, 0.25) is 0 Å². The van der Waals surface area contributed by atoms with Crippen molar-refractivity contribution in [3.05, 3.63) is 59.2 Å². The SMILES string of the molecule is CN=C(NCc1ccc(OC)c(C)c1)NCc1ccccc1OC. The molecule has 2 rings (SSSR count). The number of methoxy groups -OCH3 is 2. The first-order valence-corrected chi connectivity index (χ1v) is 7.88. The van der Waals surface area contributed by atoms with Gasteiger partial charge in [0, 0.05) is 25.7 Å². The van der Waals surface area contributed by atoms with Gasteiger partial charge in [-0.05, 0) is 30.2 Å². The maximum atomic E-state index is 5.36. The van der Waals surface area contributed by atoms with Gasteiger partial charge in [-0.1, -0.05) is 30.3 Å². The van der Waals surface area contributed by atoms with Crippen molar-refractivity contribution in [2.45, 2.75) is 20.0 Å². The van der Waals surface area contributed by atoms with Crippen LogP contribution in [0.4, 0.5) is 0 Å². The zero-order chi connectivity index (χ0) is 17.4. The van der Waals surface area contributed by atoms with Gasteiger partial charge in [0.15, 0.2) is 5.96 Å². The second kappa shape index (κ2) is 8.82. The summed E-state index contributed by atoms with van der Waals surface area (Å²) < 4.78 is 10.7. The number of nitrogens with zero attached hydrogens (tertiary/aromatic N) is 1. The van der Waals surface area contributed by atoms with Crippen LogP contribution < -0.4 is 20.1 Å². The Morgan fingerprint density at radius 3 is 2.33 bits per heavy atom. The predicted molar refractivity (Wildman–Crippen MR) is 97.8 cm³/mol. The molecule has 24 heavy (non-hydrogen) atoms. The highest BCUT2D eigenvalue weighted by molar-refractivity contribution is 5.79. The second-order valence-electron chi connectivity index (χ2n) is 5.40. The molecule has 0 atom stereocenters. The molecule has 0 unspecified atom stereocenters. The van der Waals surface area contributed by atoms with Crippen LogP contribution in [0.15, 0.2) is 47.5 Å². The van der Waals surface area contributed by atoms with E-state index in [1.807, 2.05) is 43.3 Å². The van der Waals surface area contributed by atoms with Gasteiger partial charge in [-0.2, -0.15) is 0 Å². The van der Waals surface area contributed by atoms with Gasteiger partial charge >= 0.3 is 0 Å². The Morgan fingerprint density at radius 1 is 0.958 bits per heavy atom. The summed E-state index contributed by atoms with van der Waals surface area (Å²) in [7, 11) is 5.12. The van der Waals surface area contributed by atoms with Crippen molar-refractivity contribution in [1.29, 1.82) is 0 Å². The molecule has 0 aliphatic carbocycles. The van der Waals surface area contributed by atoms with E-state index in [4.69, 9.17) is 9.47 Å². The highest BCUT2D eigenvalue weighted by atomic mass is 16.5. The standard InChI is InChI=1S/C19H25N3O2/c1-14-11-15(9-10-17(14)23-3)12-21-19(20-2)22-13-16-7-5-6-8-18(16)24-4/h5-11H,12-13H2,1-4H3,(H2,20,21,22). The van der Waals surface area contributed by atoms with Crippen LogP contribution in [-0.4, -0.2) is 27.2 Å². The molecule has 2 N–H and O–H groups in total. The van der Waals surface area contributed by atoms with Crippen molar-refractivity contribution in [3.8, 4) is 11.5 Å². The molecule has 0 saturated carbocycles. The highest BCUT2D eigenvalue weighted by Crippen LogP contribution is 2.18. The minimum absolute atomic E-state index is 0.644. The van der Waals surface area contributed by atoms with Crippen LogP contribution >= 0.6 is 0 Å². The minimum atomic E-state index is 0.644. The molecule has 0 aliphatic heterocycles. The van der Waals surface area contributed by atoms with Crippen molar-refractivity contribution < 1.29 is 9.47 Å². The smallest absolute Gasteiger partial charge is 0.191 e. The lowest BCUT2D eigenvalue weighted by Gasteiger charge is -2.14. The number of aliphatic imine (C=N–C) groups is 1. The molecule has 2 aromatic rings. The van der Waals surface area contributed by atoms with Gasteiger partial charge in [-0.3, -0.25) is 4.99 Å². The number of aryl methyl sites for hydroxylation is 1. The van der Waals surface area contributed by atoms with Crippen molar-refractivity contribution in [2.24, 2.45) is 4.99 Å². The molecular formula is C19H25N3O2. The summed E-state index contributed by atoms with van der Waals surface area (Å²) in [4.78, 5) is 4.26. The van der Waals surface area contributed by atoms with Gasteiger partial charge < -0.3 is 20.1 Å². The van der Waals surface area contributed by atoms with Crippen molar-refractivity contribution in [3.63, 3.8) is 0 Å². The fraction of sp³-hybridized carbons (Fsp3) is 0.316. The molecule has 5 nitrogen and oxygen atoms in total. The summed E-state index contributed by atoms with van der Waals surface area (Å²) in [5.41, 5.74) is 3.38. The van der Waals surface area contributed by atoms with Crippen molar-refractivity contribution in [1.82, 2.24) is 10.6 Å². The Morgan fingerprint density at radius 2 is 1.67 bits per heavy atom. The topological polar surface area (TPSA) is 54.9 Å². The first-order valence-electron chi connectivity index (χ1n) is 7.88. The number of hydrogen-bond acceptors (Lipinski definition) is 3. The number of rotatable bonds is 6. The summed E-state index contributed by atoms with van der Waals surface area (Å²) >= 11 is 0. The largest absolute Gasteiger partial charge is 0.496 e.